The van der Waals surface area contributed by atoms with E-state index >= 15 is 0 Å². The van der Waals surface area contributed by atoms with Gasteiger partial charge in [0.2, 0.25) is 0 Å². The second-order valence-corrected chi connectivity index (χ2v) is 7.68. The SMILES string of the molecule is CCCCC(CC)COP1(=O)OCC(CC)C(CCC)O1. The van der Waals surface area contributed by atoms with Crippen LogP contribution in [0.2, 0.25) is 0 Å². The van der Waals surface area contributed by atoms with Gasteiger partial charge in [0.05, 0.1) is 19.3 Å². The van der Waals surface area contributed by atoms with Crippen LogP contribution in [-0.4, -0.2) is 19.3 Å². The summed E-state index contributed by atoms with van der Waals surface area (Å²) < 4.78 is 29.4. The normalized spacial score (nSPS) is 31.2. The molecule has 0 spiro atoms. The lowest BCUT2D eigenvalue weighted by molar-refractivity contribution is -0.0209. The zero-order valence-corrected chi connectivity index (χ0v) is 15.1. The smallest absolute Gasteiger partial charge is 0.287 e. The Balaban J connectivity index is 2.50. The second-order valence-electron chi connectivity index (χ2n) is 6.06. The van der Waals surface area contributed by atoms with E-state index in [1.807, 2.05) is 0 Å². The van der Waals surface area contributed by atoms with Gasteiger partial charge in [-0.3, -0.25) is 13.6 Å². The summed E-state index contributed by atoms with van der Waals surface area (Å²) in [6.07, 6.45) is 7.45. The van der Waals surface area contributed by atoms with E-state index in [1.54, 1.807) is 0 Å². The lowest BCUT2D eigenvalue weighted by Crippen LogP contribution is -2.32. The van der Waals surface area contributed by atoms with Crippen molar-refractivity contribution in [3.8, 4) is 0 Å². The van der Waals surface area contributed by atoms with Crippen molar-refractivity contribution < 1.29 is 18.1 Å². The molecule has 1 aliphatic rings. The van der Waals surface area contributed by atoms with Crippen molar-refractivity contribution in [3.05, 3.63) is 0 Å². The fourth-order valence-corrected chi connectivity index (χ4v) is 4.27. The quantitative estimate of drug-likeness (QED) is 0.494. The molecule has 0 bridgehead atoms. The van der Waals surface area contributed by atoms with Crippen molar-refractivity contribution in [2.24, 2.45) is 11.8 Å². The first-order valence-corrected chi connectivity index (χ1v) is 10.1. The Morgan fingerprint density at radius 3 is 2.57 bits per heavy atom. The van der Waals surface area contributed by atoms with E-state index in [1.165, 1.54) is 12.8 Å². The van der Waals surface area contributed by atoms with Gasteiger partial charge < -0.3 is 0 Å². The maximum absolute atomic E-state index is 12.6. The predicted octanol–water partition coefficient (Wildman–Crippen LogP) is 5.57. The van der Waals surface area contributed by atoms with Crippen LogP contribution >= 0.6 is 7.82 Å². The van der Waals surface area contributed by atoms with E-state index in [0.717, 1.165) is 32.1 Å². The maximum atomic E-state index is 12.6. The van der Waals surface area contributed by atoms with Crippen LogP contribution in [0.3, 0.4) is 0 Å². The van der Waals surface area contributed by atoms with Crippen LogP contribution in [0.25, 0.3) is 0 Å². The fourth-order valence-electron chi connectivity index (χ4n) is 2.69. The van der Waals surface area contributed by atoms with Crippen molar-refractivity contribution >= 4 is 7.82 Å². The van der Waals surface area contributed by atoms with Crippen molar-refractivity contribution in [1.82, 2.24) is 0 Å². The summed E-state index contributed by atoms with van der Waals surface area (Å²) in [5.74, 6) is 0.772. The van der Waals surface area contributed by atoms with Crippen LogP contribution in [0.5, 0.6) is 0 Å². The molecule has 1 fully saturated rings. The van der Waals surface area contributed by atoms with Gasteiger partial charge in [0, 0.05) is 5.92 Å². The Bertz CT molecular complexity index is 321. The Kier molecular flexibility index (Phi) is 9.12. The molecular weight excluding hydrogens is 287 g/mol. The fraction of sp³-hybridized carbons (Fsp3) is 1.00. The third kappa shape index (κ3) is 6.40. The standard InChI is InChI=1S/C16H33O4P/c1-5-9-11-14(7-3)12-18-21(17)19-13-15(8-4)16(20-21)10-6-2/h14-16H,5-13H2,1-4H3. The average molecular weight is 320 g/mol. The molecule has 0 aromatic carbocycles. The van der Waals surface area contributed by atoms with Crippen LogP contribution in [0.15, 0.2) is 0 Å². The van der Waals surface area contributed by atoms with E-state index in [-0.39, 0.29) is 6.10 Å². The number of hydrogen-bond donors (Lipinski definition) is 0. The molecule has 0 saturated carbocycles. The summed E-state index contributed by atoms with van der Waals surface area (Å²) in [4.78, 5) is 0. The minimum Gasteiger partial charge on any atom is -0.287 e. The molecule has 4 nitrogen and oxygen atoms in total. The molecule has 0 aromatic heterocycles. The van der Waals surface area contributed by atoms with E-state index in [2.05, 4.69) is 27.7 Å². The average Bonchev–Trinajstić information content (AvgIpc) is 2.48. The molecule has 4 unspecified atom stereocenters. The van der Waals surface area contributed by atoms with Crippen LogP contribution in [0, 0.1) is 11.8 Å². The van der Waals surface area contributed by atoms with E-state index < -0.39 is 7.82 Å². The summed E-state index contributed by atoms with van der Waals surface area (Å²) in [5.41, 5.74) is 0. The molecule has 21 heavy (non-hydrogen) atoms. The Hall–Kier alpha value is 0.110. The second kappa shape index (κ2) is 9.99. The summed E-state index contributed by atoms with van der Waals surface area (Å²) in [7, 11) is -3.35. The molecular formula is C16H33O4P. The molecule has 1 heterocycles. The van der Waals surface area contributed by atoms with Gasteiger partial charge in [0.1, 0.15) is 0 Å². The van der Waals surface area contributed by atoms with Crippen molar-refractivity contribution in [1.29, 1.82) is 0 Å². The van der Waals surface area contributed by atoms with Gasteiger partial charge in [-0.25, -0.2) is 4.57 Å². The largest absolute Gasteiger partial charge is 0.475 e. The van der Waals surface area contributed by atoms with Crippen molar-refractivity contribution in [2.45, 2.75) is 78.7 Å². The Morgan fingerprint density at radius 2 is 2.00 bits per heavy atom. The minimum absolute atomic E-state index is 0.00954. The first-order chi connectivity index (χ1) is 10.1. The molecule has 1 saturated heterocycles. The third-order valence-corrected chi connectivity index (χ3v) is 5.81. The van der Waals surface area contributed by atoms with E-state index in [9.17, 15) is 4.57 Å². The molecule has 0 aromatic rings. The van der Waals surface area contributed by atoms with Crippen LogP contribution in [0.4, 0.5) is 0 Å². The first kappa shape index (κ1) is 19.2. The monoisotopic (exact) mass is 320 g/mol. The Morgan fingerprint density at radius 1 is 1.24 bits per heavy atom. The van der Waals surface area contributed by atoms with Gasteiger partial charge >= 0.3 is 7.82 Å². The van der Waals surface area contributed by atoms with Gasteiger partial charge in [-0.15, -0.1) is 0 Å². The van der Waals surface area contributed by atoms with Crippen LogP contribution in [-0.2, 0) is 18.1 Å². The zero-order chi connectivity index (χ0) is 15.7. The number of rotatable bonds is 10. The molecule has 0 N–H and O–H groups in total. The molecule has 0 amide bonds. The summed E-state index contributed by atoms with van der Waals surface area (Å²) in [6.45, 7) is 9.54. The van der Waals surface area contributed by atoms with Crippen LogP contribution < -0.4 is 0 Å². The van der Waals surface area contributed by atoms with Gasteiger partial charge in [-0.2, -0.15) is 0 Å². The van der Waals surface area contributed by atoms with Crippen LogP contribution in [0.1, 0.15) is 72.6 Å². The summed E-state index contributed by atoms with van der Waals surface area (Å²) in [5, 5.41) is 0. The number of phosphoric acid groups is 1. The lowest BCUT2D eigenvalue weighted by atomic mass is 9.97. The number of hydrogen-bond acceptors (Lipinski definition) is 4. The summed E-state index contributed by atoms with van der Waals surface area (Å²) in [6, 6.07) is 0. The third-order valence-electron chi connectivity index (χ3n) is 4.35. The van der Waals surface area contributed by atoms with E-state index in [4.69, 9.17) is 13.6 Å². The predicted molar refractivity (Wildman–Crippen MR) is 86.4 cm³/mol. The highest BCUT2D eigenvalue weighted by Crippen LogP contribution is 2.56. The highest BCUT2D eigenvalue weighted by atomic mass is 31.2. The molecule has 1 aliphatic heterocycles. The van der Waals surface area contributed by atoms with Gasteiger partial charge in [-0.05, 0) is 25.2 Å². The van der Waals surface area contributed by atoms with Gasteiger partial charge in [-0.1, -0.05) is 53.4 Å². The van der Waals surface area contributed by atoms with Gasteiger partial charge in [0.25, 0.3) is 0 Å². The maximum Gasteiger partial charge on any atom is 0.475 e. The Labute approximate surface area is 130 Å². The molecule has 5 heteroatoms. The molecule has 1 rings (SSSR count). The van der Waals surface area contributed by atoms with E-state index in [0.29, 0.717) is 25.0 Å². The number of phosphoric ester groups is 1. The van der Waals surface area contributed by atoms with Crippen molar-refractivity contribution in [2.75, 3.05) is 13.2 Å². The highest BCUT2D eigenvalue weighted by Gasteiger charge is 2.40. The summed E-state index contributed by atoms with van der Waals surface area (Å²) >= 11 is 0. The molecule has 4 atom stereocenters. The first-order valence-electron chi connectivity index (χ1n) is 8.65. The lowest BCUT2D eigenvalue weighted by Gasteiger charge is -2.35. The molecule has 126 valence electrons. The number of unbranched alkanes of at least 4 members (excludes halogenated alkanes) is 1. The molecule has 0 radical (unpaired) electrons. The highest BCUT2D eigenvalue weighted by molar-refractivity contribution is 7.48. The topological polar surface area (TPSA) is 44.8 Å². The zero-order valence-electron chi connectivity index (χ0n) is 14.2. The minimum atomic E-state index is -3.35. The van der Waals surface area contributed by atoms with Gasteiger partial charge in [0.15, 0.2) is 0 Å². The van der Waals surface area contributed by atoms with Crippen molar-refractivity contribution in [3.63, 3.8) is 0 Å². The molecule has 0 aliphatic carbocycles.